The number of methoxy groups -OCH3 is 1. The average molecular weight is 355 g/mol. The van der Waals surface area contributed by atoms with Crippen LogP contribution >= 0.6 is 0 Å². The molecule has 1 heterocycles. The van der Waals surface area contributed by atoms with Crippen LogP contribution < -0.4 is 4.90 Å². The van der Waals surface area contributed by atoms with Crippen LogP contribution in [0.4, 0.5) is 11.5 Å². The number of rotatable bonds is 9. The second-order valence-corrected chi connectivity index (χ2v) is 12.3. The third kappa shape index (κ3) is 6.24. The minimum Gasteiger partial charge on any atom is -0.468 e. The lowest BCUT2D eigenvalue weighted by molar-refractivity contribution is -0.384. The first-order valence-electron chi connectivity index (χ1n) is 7.65. The smallest absolute Gasteiger partial charge is 0.325 e. The molecule has 1 aromatic heterocycles. The van der Waals surface area contributed by atoms with Gasteiger partial charge in [0.2, 0.25) is 5.82 Å². The topological polar surface area (TPSA) is 94.8 Å². The van der Waals surface area contributed by atoms with Crippen molar-refractivity contribution in [2.24, 2.45) is 0 Å². The minimum atomic E-state index is -1.24. The molecule has 134 valence electrons. The van der Waals surface area contributed by atoms with E-state index in [1.54, 1.807) is 13.0 Å². The molecule has 0 N–H and O–H groups in total. The molecule has 9 heteroatoms. The summed E-state index contributed by atoms with van der Waals surface area (Å²) in [5.74, 6) is -0.403. The maximum Gasteiger partial charge on any atom is 0.325 e. The fraction of sp³-hybridized carbons (Fsp3) is 0.600. The molecule has 0 saturated carbocycles. The Kier molecular flexibility index (Phi) is 7.30. The van der Waals surface area contributed by atoms with Gasteiger partial charge >= 0.3 is 11.7 Å². The van der Waals surface area contributed by atoms with E-state index in [-0.39, 0.29) is 24.8 Å². The van der Waals surface area contributed by atoms with Crippen molar-refractivity contribution >= 4 is 25.5 Å². The van der Waals surface area contributed by atoms with Crippen molar-refractivity contribution in [1.82, 2.24) is 4.98 Å². The zero-order chi connectivity index (χ0) is 18.3. The first-order valence-corrected chi connectivity index (χ1v) is 11.4. The van der Waals surface area contributed by atoms with E-state index < -0.39 is 19.0 Å². The molecule has 8 nitrogen and oxygen atoms in total. The Morgan fingerprint density at radius 2 is 2.08 bits per heavy atom. The average Bonchev–Trinajstić information content (AvgIpc) is 2.48. The van der Waals surface area contributed by atoms with E-state index in [1.165, 1.54) is 18.2 Å². The lowest BCUT2D eigenvalue weighted by Crippen LogP contribution is -2.34. The molecule has 0 amide bonds. The number of hydrogen-bond donors (Lipinski definition) is 0. The van der Waals surface area contributed by atoms with E-state index in [0.717, 1.165) is 6.04 Å². The number of pyridine rings is 1. The van der Waals surface area contributed by atoms with Crippen molar-refractivity contribution < 1.29 is 19.2 Å². The number of carbonyl (C=O) groups excluding carboxylic acids is 1. The van der Waals surface area contributed by atoms with Gasteiger partial charge in [0.25, 0.3) is 0 Å². The first kappa shape index (κ1) is 20.0. The van der Waals surface area contributed by atoms with Crippen molar-refractivity contribution in [3.05, 3.63) is 27.9 Å². The molecule has 0 fully saturated rings. The predicted molar refractivity (Wildman–Crippen MR) is 94.0 cm³/mol. The maximum atomic E-state index is 11.6. The molecule has 0 aliphatic heterocycles. The van der Waals surface area contributed by atoms with E-state index >= 15 is 0 Å². The highest BCUT2D eigenvalue weighted by Gasteiger charge is 2.25. The van der Waals surface area contributed by atoms with Crippen LogP contribution in [0.15, 0.2) is 12.3 Å². The van der Waals surface area contributed by atoms with Gasteiger partial charge in [-0.15, -0.1) is 0 Å². The predicted octanol–water partition coefficient (Wildman–Crippen LogP) is 2.59. The van der Waals surface area contributed by atoms with E-state index in [1.807, 2.05) is 0 Å². The number of anilines is 1. The summed E-state index contributed by atoms with van der Waals surface area (Å²) in [5, 5.41) is 11.4. The highest BCUT2D eigenvalue weighted by Crippen LogP contribution is 2.28. The molecule has 0 unspecified atom stereocenters. The maximum absolute atomic E-state index is 11.6. The third-order valence-corrected chi connectivity index (χ3v) is 5.08. The second kappa shape index (κ2) is 8.74. The van der Waals surface area contributed by atoms with E-state index in [2.05, 4.69) is 29.4 Å². The van der Waals surface area contributed by atoms with Crippen LogP contribution in [0.3, 0.4) is 0 Å². The molecule has 0 radical (unpaired) electrons. The summed E-state index contributed by atoms with van der Waals surface area (Å²) in [7, 11) is 0.0244. The van der Waals surface area contributed by atoms with Crippen molar-refractivity contribution in [2.45, 2.75) is 32.6 Å². The Morgan fingerprint density at radius 3 is 2.62 bits per heavy atom. The number of hydrogen-bond acceptors (Lipinski definition) is 7. The zero-order valence-corrected chi connectivity index (χ0v) is 15.9. The number of nitrogens with zero attached hydrogens (tertiary/aromatic N) is 3. The van der Waals surface area contributed by atoms with Gasteiger partial charge < -0.3 is 14.4 Å². The van der Waals surface area contributed by atoms with Crippen molar-refractivity contribution in [3.8, 4) is 0 Å². The normalized spacial score (nSPS) is 11.2. The van der Waals surface area contributed by atoms with Gasteiger partial charge in [-0.25, -0.2) is 4.98 Å². The zero-order valence-electron chi connectivity index (χ0n) is 14.9. The number of nitro groups is 1. The van der Waals surface area contributed by atoms with E-state index in [0.29, 0.717) is 12.2 Å². The Labute approximate surface area is 142 Å². The number of aryl methyl sites for hydroxylation is 1. The fourth-order valence-electron chi connectivity index (χ4n) is 1.95. The van der Waals surface area contributed by atoms with Gasteiger partial charge in [-0.05, 0) is 19.0 Å². The first-order chi connectivity index (χ1) is 11.2. The lowest BCUT2D eigenvalue weighted by atomic mass is 10.2. The largest absolute Gasteiger partial charge is 0.468 e. The van der Waals surface area contributed by atoms with Crippen LogP contribution in [-0.4, -0.2) is 50.9 Å². The Balaban J connectivity index is 2.96. The Hall–Kier alpha value is -2.00. The Bertz CT molecular complexity index is 589. The standard InChI is InChI=1S/C15H25N3O5Si/c1-12-6-7-16-15(14(12)18(20)21)17(10-13(19)22-2)11-23-8-9-24(3,4)5/h6-7H,8-11H2,1-5H3. The molecule has 1 rings (SSSR count). The summed E-state index contributed by atoms with van der Waals surface area (Å²) in [6.45, 7) is 8.73. The highest BCUT2D eigenvalue weighted by molar-refractivity contribution is 6.76. The summed E-state index contributed by atoms with van der Waals surface area (Å²) in [6.07, 6.45) is 1.48. The molecule has 0 aliphatic rings. The molecular formula is C15H25N3O5Si. The Morgan fingerprint density at radius 1 is 1.42 bits per heavy atom. The third-order valence-electron chi connectivity index (χ3n) is 3.38. The molecule has 24 heavy (non-hydrogen) atoms. The monoisotopic (exact) mass is 355 g/mol. The van der Waals surface area contributed by atoms with Gasteiger partial charge in [-0.3, -0.25) is 14.9 Å². The van der Waals surface area contributed by atoms with Gasteiger partial charge in [-0.2, -0.15) is 0 Å². The molecule has 1 aromatic rings. The second-order valence-electron chi connectivity index (χ2n) is 6.68. The van der Waals surface area contributed by atoms with Crippen LogP contribution in [-0.2, 0) is 14.3 Å². The van der Waals surface area contributed by atoms with Crippen molar-refractivity contribution in [1.29, 1.82) is 0 Å². The number of esters is 1. The molecule has 0 spiro atoms. The summed E-state index contributed by atoms with van der Waals surface area (Å²) in [4.78, 5) is 28.0. The van der Waals surface area contributed by atoms with Crippen LogP contribution in [0.2, 0.25) is 25.7 Å². The van der Waals surface area contributed by atoms with Crippen LogP contribution in [0.5, 0.6) is 0 Å². The van der Waals surface area contributed by atoms with Crippen molar-refractivity contribution in [3.63, 3.8) is 0 Å². The molecular weight excluding hydrogens is 330 g/mol. The van der Waals surface area contributed by atoms with Crippen LogP contribution in [0.25, 0.3) is 0 Å². The van der Waals surface area contributed by atoms with E-state index in [4.69, 9.17) is 4.74 Å². The van der Waals surface area contributed by atoms with E-state index in [9.17, 15) is 14.9 Å². The molecule has 0 aromatic carbocycles. The molecule has 0 aliphatic carbocycles. The molecule has 0 bridgehead atoms. The number of carbonyl (C=O) groups is 1. The van der Waals surface area contributed by atoms with Gasteiger partial charge in [0, 0.05) is 26.4 Å². The summed E-state index contributed by atoms with van der Waals surface area (Å²) in [6, 6.07) is 2.52. The van der Waals surface area contributed by atoms with Crippen molar-refractivity contribution in [2.75, 3.05) is 31.9 Å². The highest BCUT2D eigenvalue weighted by atomic mass is 28.3. The van der Waals surface area contributed by atoms with Crippen LogP contribution in [0, 0.1) is 17.0 Å². The van der Waals surface area contributed by atoms with Gasteiger partial charge in [0.15, 0.2) is 0 Å². The summed E-state index contributed by atoms with van der Waals surface area (Å²) in [5.41, 5.74) is 0.345. The van der Waals surface area contributed by atoms with Gasteiger partial charge in [0.1, 0.15) is 13.3 Å². The molecule has 0 atom stereocenters. The summed E-state index contributed by atoms with van der Waals surface area (Å²) < 4.78 is 10.3. The number of ether oxygens (including phenoxy) is 2. The van der Waals surface area contributed by atoms with Gasteiger partial charge in [0.05, 0.1) is 12.0 Å². The molecule has 0 saturated heterocycles. The van der Waals surface area contributed by atoms with Gasteiger partial charge in [-0.1, -0.05) is 19.6 Å². The number of aromatic nitrogens is 1. The fourth-order valence-corrected chi connectivity index (χ4v) is 2.71. The summed E-state index contributed by atoms with van der Waals surface area (Å²) >= 11 is 0. The minimum absolute atomic E-state index is 0.0386. The SMILES string of the molecule is COC(=O)CN(COCC[Si](C)(C)C)c1nccc(C)c1[N+](=O)[O-]. The quantitative estimate of drug-likeness (QED) is 0.168. The van der Waals surface area contributed by atoms with Crippen LogP contribution in [0.1, 0.15) is 5.56 Å². The lowest BCUT2D eigenvalue weighted by Gasteiger charge is -2.23.